The van der Waals surface area contributed by atoms with Gasteiger partial charge in [0.05, 0.1) is 19.3 Å². The first-order chi connectivity index (χ1) is 8.69. The Bertz CT molecular complexity index is 390. The molecule has 0 amide bonds. The molecule has 3 heteroatoms. The summed E-state index contributed by atoms with van der Waals surface area (Å²) in [5.74, 6) is 0. The topological polar surface area (TPSA) is 21.7 Å². The van der Waals surface area contributed by atoms with E-state index in [1.165, 1.54) is 16.7 Å². The van der Waals surface area contributed by atoms with Crippen LogP contribution in [0.5, 0.6) is 0 Å². The summed E-state index contributed by atoms with van der Waals surface area (Å²) in [6.07, 6.45) is 0.218. The molecule has 0 bridgehead atoms. The highest BCUT2D eigenvalue weighted by atomic mass is 16.5. The summed E-state index contributed by atoms with van der Waals surface area (Å²) in [6, 6.07) is 6.72. The van der Waals surface area contributed by atoms with Crippen LogP contribution in [0.25, 0.3) is 0 Å². The highest BCUT2D eigenvalue weighted by Crippen LogP contribution is 2.14. The molecule has 0 aromatic heterocycles. The van der Waals surface area contributed by atoms with E-state index in [-0.39, 0.29) is 6.10 Å². The lowest BCUT2D eigenvalue weighted by Gasteiger charge is -2.32. The Balaban J connectivity index is 1.93. The molecule has 1 saturated heterocycles. The highest BCUT2D eigenvalue weighted by molar-refractivity contribution is 5.29. The van der Waals surface area contributed by atoms with Gasteiger partial charge in [-0.05, 0) is 30.5 Å². The van der Waals surface area contributed by atoms with Crippen LogP contribution in [0.15, 0.2) is 18.2 Å². The van der Waals surface area contributed by atoms with E-state index in [4.69, 9.17) is 9.47 Å². The van der Waals surface area contributed by atoms with Gasteiger partial charge in [-0.3, -0.25) is 4.90 Å². The first-order valence-electron chi connectivity index (χ1n) is 6.58. The largest absolute Gasteiger partial charge is 0.382 e. The standard InChI is InChI=1S/C15H23NO2/c1-12-4-5-14(8-13(12)2)9-16-6-7-18-15(10-16)11-17-3/h4-5,8,15H,6-7,9-11H2,1-3H3/t15-/m0/s1. The molecule has 0 unspecified atom stereocenters. The van der Waals surface area contributed by atoms with E-state index in [2.05, 4.69) is 36.9 Å². The smallest absolute Gasteiger partial charge is 0.0935 e. The van der Waals surface area contributed by atoms with Crippen molar-refractivity contribution >= 4 is 0 Å². The van der Waals surface area contributed by atoms with Crippen molar-refractivity contribution in [1.29, 1.82) is 0 Å². The molecule has 0 spiro atoms. The van der Waals surface area contributed by atoms with Crippen LogP contribution in [0.3, 0.4) is 0 Å². The van der Waals surface area contributed by atoms with Crippen molar-refractivity contribution in [1.82, 2.24) is 4.90 Å². The van der Waals surface area contributed by atoms with Crippen LogP contribution >= 0.6 is 0 Å². The molecular weight excluding hydrogens is 226 g/mol. The van der Waals surface area contributed by atoms with Crippen molar-refractivity contribution in [2.45, 2.75) is 26.5 Å². The van der Waals surface area contributed by atoms with Crippen LogP contribution in [0.1, 0.15) is 16.7 Å². The van der Waals surface area contributed by atoms with E-state index in [1.807, 2.05) is 0 Å². The van der Waals surface area contributed by atoms with E-state index < -0.39 is 0 Å². The van der Waals surface area contributed by atoms with Crippen molar-refractivity contribution in [2.75, 3.05) is 33.4 Å². The minimum absolute atomic E-state index is 0.218. The zero-order valence-corrected chi connectivity index (χ0v) is 11.6. The maximum atomic E-state index is 5.66. The number of ether oxygens (including phenoxy) is 2. The van der Waals surface area contributed by atoms with E-state index in [1.54, 1.807) is 7.11 Å². The van der Waals surface area contributed by atoms with Crippen molar-refractivity contribution in [2.24, 2.45) is 0 Å². The third-order valence-corrected chi connectivity index (χ3v) is 3.55. The summed E-state index contributed by atoms with van der Waals surface area (Å²) in [7, 11) is 1.73. The Labute approximate surface area is 110 Å². The normalized spacial score (nSPS) is 21.2. The zero-order chi connectivity index (χ0) is 13.0. The lowest BCUT2D eigenvalue weighted by Crippen LogP contribution is -2.43. The monoisotopic (exact) mass is 249 g/mol. The number of nitrogens with zero attached hydrogens (tertiary/aromatic N) is 1. The minimum Gasteiger partial charge on any atom is -0.382 e. The molecular formula is C15H23NO2. The van der Waals surface area contributed by atoms with Gasteiger partial charge in [0.2, 0.25) is 0 Å². The molecule has 1 fully saturated rings. The summed E-state index contributed by atoms with van der Waals surface area (Å²) in [4.78, 5) is 2.44. The van der Waals surface area contributed by atoms with Crippen LogP contribution in [0.2, 0.25) is 0 Å². The van der Waals surface area contributed by atoms with Crippen LogP contribution in [0.4, 0.5) is 0 Å². The van der Waals surface area contributed by atoms with Gasteiger partial charge >= 0.3 is 0 Å². The summed E-state index contributed by atoms with van der Waals surface area (Å²) in [6.45, 7) is 8.79. The fourth-order valence-corrected chi connectivity index (χ4v) is 2.37. The lowest BCUT2D eigenvalue weighted by molar-refractivity contribution is -0.0631. The Morgan fingerprint density at radius 2 is 2.17 bits per heavy atom. The molecule has 18 heavy (non-hydrogen) atoms. The van der Waals surface area contributed by atoms with Gasteiger partial charge in [-0.25, -0.2) is 0 Å². The molecule has 2 rings (SSSR count). The molecule has 1 aromatic rings. The third-order valence-electron chi connectivity index (χ3n) is 3.55. The quantitative estimate of drug-likeness (QED) is 0.816. The predicted molar refractivity (Wildman–Crippen MR) is 72.8 cm³/mol. The van der Waals surface area contributed by atoms with E-state index in [0.29, 0.717) is 6.61 Å². The SMILES string of the molecule is COC[C@@H]1CN(Cc2ccc(C)c(C)c2)CCO1. The fraction of sp³-hybridized carbons (Fsp3) is 0.600. The van der Waals surface area contributed by atoms with Crippen molar-refractivity contribution < 1.29 is 9.47 Å². The molecule has 1 aromatic carbocycles. The maximum absolute atomic E-state index is 5.66. The summed E-state index contributed by atoms with van der Waals surface area (Å²) in [5, 5.41) is 0. The first kappa shape index (κ1) is 13.5. The second-order valence-electron chi connectivity index (χ2n) is 5.10. The lowest BCUT2D eigenvalue weighted by atomic mass is 10.1. The maximum Gasteiger partial charge on any atom is 0.0935 e. The summed E-state index contributed by atoms with van der Waals surface area (Å²) >= 11 is 0. The first-order valence-corrected chi connectivity index (χ1v) is 6.58. The Morgan fingerprint density at radius 1 is 1.33 bits per heavy atom. The predicted octanol–water partition coefficient (Wildman–Crippen LogP) is 2.15. The van der Waals surface area contributed by atoms with Gasteiger partial charge < -0.3 is 9.47 Å². The molecule has 1 heterocycles. The van der Waals surface area contributed by atoms with E-state index in [0.717, 1.165) is 26.2 Å². The van der Waals surface area contributed by atoms with Crippen LogP contribution < -0.4 is 0 Å². The average molecular weight is 249 g/mol. The summed E-state index contributed by atoms with van der Waals surface area (Å²) in [5.41, 5.74) is 4.11. The van der Waals surface area contributed by atoms with Crippen molar-refractivity contribution in [3.05, 3.63) is 34.9 Å². The van der Waals surface area contributed by atoms with Crippen LogP contribution in [0, 0.1) is 13.8 Å². The molecule has 0 N–H and O–H groups in total. The number of hydrogen-bond donors (Lipinski definition) is 0. The third kappa shape index (κ3) is 3.55. The average Bonchev–Trinajstić information content (AvgIpc) is 2.35. The van der Waals surface area contributed by atoms with Gasteiger partial charge in [0, 0.05) is 26.7 Å². The molecule has 3 nitrogen and oxygen atoms in total. The van der Waals surface area contributed by atoms with E-state index >= 15 is 0 Å². The Morgan fingerprint density at radius 3 is 2.89 bits per heavy atom. The number of rotatable bonds is 4. The second kappa shape index (κ2) is 6.32. The highest BCUT2D eigenvalue weighted by Gasteiger charge is 2.20. The van der Waals surface area contributed by atoms with Gasteiger partial charge in [0.25, 0.3) is 0 Å². The van der Waals surface area contributed by atoms with Crippen molar-refractivity contribution in [3.8, 4) is 0 Å². The number of hydrogen-bond acceptors (Lipinski definition) is 3. The van der Waals surface area contributed by atoms with Gasteiger partial charge in [-0.15, -0.1) is 0 Å². The summed E-state index contributed by atoms with van der Waals surface area (Å²) < 4.78 is 10.8. The zero-order valence-electron chi connectivity index (χ0n) is 11.6. The van der Waals surface area contributed by atoms with Gasteiger partial charge in [0.15, 0.2) is 0 Å². The number of methoxy groups -OCH3 is 1. The molecule has 0 radical (unpaired) electrons. The van der Waals surface area contributed by atoms with Gasteiger partial charge in [-0.2, -0.15) is 0 Å². The Kier molecular flexibility index (Phi) is 4.75. The van der Waals surface area contributed by atoms with Gasteiger partial charge in [-0.1, -0.05) is 18.2 Å². The van der Waals surface area contributed by atoms with Crippen molar-refractivity contribution in [3.63, 3.8) is 0 Å². The Hall–Kier alpha value is -0.900. The van der Waals surface area contributed by atoms with E-state index in [9.17, 15) is 0 Å². The van der Waals surface area contributed by atoms with Crippen LogP contribution in [-0.4, -0.2) is 44.4 Å². The number of benzene rings is 1. The molecule has 1 aliphatic heterocycles. The number of aryl methyl sites for hydroxylation is 2. The van der Waals surface area contributed by atoms with Crippen LogP contribution in [-0.2, 0) is 16.0 Å². The molecule has 1 atom stereocenters. The molecule has 100 valence electrons. The number of morpholine rings is 1. The molecule has 1 aliphatic rings. The molecule has 0 aliphatic carbocycles. The van der Waals surface area contributed by atoms with Gasteiger partial charge in [0.1, 0.15) is 0 Å². The minimum atomic E-state index is 0.218. The second-order valence-corrected chi connectivity index (χ2v) is 5.10. The fourth-order valence-electron chi connectivity index (χ4n) is 2.37. The molecule has 0 saturated carbocycles.